The van der Waals surface area contributed by atoms with Gasteiger partial charge >= 0.3 is 5.97 Å². The van der Waals surface area contributed by atoms with Gasteiger partial charge < -0.3 is 10.0 Å². The minimum atomic E-state index is -3.59. The molecular formula is C14H22N2O4S. The van der Waals surface area contributed by atoms with Crippen molar-refractivity contribution in [2.45, 2.75) is 25.2 Å². The lowest BCUT2D eigenvalue weighted by molar-refractivity contribution is 0.0696. The van der Waals surface area contributed by atoms with Gasteiger partial charge in [-0.1, -0.05) is 13.8 Å². The Balaban J connectivity index is 2.62. The predicted molar refractivity (Wildman–Crippen MR) is 81.0 cm³/mol. The molecule has 0 saturated heterocycles. The number of likely N-dealkylation sites (N-methyl/N-ethyl adjacent to an activating group) is 1. The molecule has 7 heteroatoms. The van der Waals surface area contributed by atoms with Crippen LogP contribution in [0, 0.1) is 0 Å². The van der Waals surface area contributed by atoms with Crippen molar-refractivity contribution < 1.29 is 18.3 Å². The van der Waals surface area contributed by atoms with Crippen molar-refractivity contribution >= 4 is 16.0 Å². The van der Waals surface area contributed by atoms with Gasteiger partial charge in [-0.3, -0.25) is 0 Å². The molecule has 0 saturated carbocycles. The molecule has 0 fully saturated rings. The Labute approximate surface area is 125 Å². The molecule has 0 aliphatic rings. The summed E-state index contributed by atoms with van der Waals surface area (Å²) in [5, 5.41) is 8.79. The second kappa shape index (κ2) is 8.11. The van der Waals surface area contributed by atoms with E-state index in [2.05, 4.69) is 16.5 Å². The summed E-state index contributed by atoms with van der Waals surface area (Å²) in [6, 6.07) is 5.17. The molecule has 0 heterocycles. The molecule has 21 heavy (non-hydrogen) atoms. The van der Waals surface area contributed by atoms with E-state index in [4.69, 9.17) is 5.11 Å². The van der Waals surface area contributed by atoms with Crippen molar-refractivity contribution in [3.63, 3.8) is 0 Å². The van der Waals surface area contributed by atoms with Crippen LogP contribution < -0.4 is 4.72 Å². The van der Waals surface area contributed by atoms with Crippen LogP contribution in [0.2, 0.25) is 0 Å². The SMILES string of the molecule is CCCN(CC)CCNS(=O)(=O)c1ccc(C(=O)O)cc1. The third-order valence-corrected chi connectivity index (χ3v) is 4.60. The summed E-state index contributed by atoms with van der Waals surface area (Å²) in [5.41, 5.74) is 0.0639. The van der Waals surface area contributed by atoms with Crippen LogP contribution in [0.25, 0.3) is 0 Å². The maximum absolute atomic E-state index is 12.1. The smallest absolute Gasteiger partial charge is 0.335 e. The van der Waals surface area contributed by atoms with Gasteiger partial charge in [0.1, 0.15) is 0 Å². The summed E-state index contributed by atoms with van der Waals surface area (Å²) < 4.78 is 26.7. The summed E-state index contributed by atoms with van der Waals surface area (Å²) in [4.78, 5) is 13.0. The Bertz CT molecular complexity index is 555. The number of sulfonamides is 1. The van der Waals surface area contributed by atoms with E-state index in [1.807, 2.05) is 6.92 Å². The highest BCUT2D eigenvalue weighted by Crippen LogP contribution is 2.10. The lowest BCUT2D eigenvalue weighted by atomic mass is 10.2. The molecule has 1 rings (SSSR count). The van der Waals surface area contributed by atoms with Gasteiger partial charge in [0.25, 0.3) is 0 Å². The second-order valence-corrected chi connectivity index (χ2v) is 6.43. The zero-order chi connectivity index (χ0) is 15.9. The fraction of sp³-hybridized carbons (Fsp3) is 0.500. The number of nitrogens with zero attached hydrogens (tertiary/aromatic N) is 1. The van der Waals surface area contributed by atoms with Gasteiger partial charge in [-0.15, -0.1) is 0 Å². The quantitative estimate of drug-likeness (QED) is 0.719. The van der Waals surface area contributed by atoms with E-state index >= 15 is 0 Å². The minimum absolute atomic E-state index is 0.0639. The summed E-state index contributed by atoms with van der Waals surface area (Å²) in [7, 11) is -3.59. The number of hydrogen-bond acceptors (Lipinski definition) is 4. The second-order valence-electron chi connectivity index (χ2n) is 4.66. The maximum Gasteiger partial charge on any atom is 0.335 e. The molecule has 2 N–H and O–H groups in total. The highest BCUT2D eigenvalue weighted by molar-refractivity contribution is 7.89. The number of carboxylic acid groups (broad SMARTS) is 1. The summed E-state index contributed by atoms with van der Waals surface area (Å²) >= 11 is 0. The average Bonchev–Trinajstić information content (AvgIpc) is 2.46. The van der Waals surface area contributed by atoms with Gasteiger partial charge in [-0.05, 0) is 43.8 Å². The number of carbonyl (C=O) groups is 1. The van der Waals surface area contributed by atoms with Crippen molar-refractivity contribution in [1.82, 2.24) is 9.62 Å². The summed E-state index contributed by atoms with van der Waals surface area (Å²) in [6.07, 6.45) is 1.03. The van der Waals surface area contributed by atoms with E-state index in [0.717, 1.165) is 19.5 Å². The average molecular weight is 314 g/mol. The molecule has 0 aliphatic carbocycles. The molecule has 1 aromatic rings. The fourth-order valence-corrected chi connectivity index (χ4v) is 2.96. The zero-order valence-electron chi connectivity index (χ0n) is 12.4. The van der Waals surface area contributed by atoms with Gasteiger partial charge in [0.2, 0.25) is 10.0 Å². The lowest BCUT2D eigenvalue weighted by Crippen LogP contribution is -2.35. The normalized spacial score (nSPS) is 11.8. The zero-order valence-corrected chi connectivity index (χ0v) is 13.2. The van der Waals surface area contributed by atoms with E-state index in [1.165, 1.54) is 24.3 Å². The third kappa shape index (κ3) is 5.45. The van der Waals surface area contributed by atoms with Crippen LogP contribution in [0.5, 0.6) is 0 Å². The van der Waals surface area contributed by atoms with Crippen molar-refractivity contribution in [1.29, 1.82) is 0 Å². The molecule has 0 unspecified atom stereocenters. The number of carboxylic acids is 1. The molecule has 0 aliphatic heterocycles. The van der Waals surface area contributed by atoms with Gasteiger partial charge in [-0.2, -0.15) is 0 Å². The Hall–Kier alpha value is -1.44. The van der Waals surface area contributed by atoms with Crippen molar-refractivity contribution in [3.8, 4) is 0 Å². The molecule has 0 radical (unpaired) electrons. The number of aromatic carboxylic acids is 1. The molecule has 0 bridgehead atoms. The molecule has 0 atom stereocenters. The number of nitrogens with one attached hydrogen (secondary N) is 1. The van der Waals surface area contributed by atoms with Crippen LogP contribution in [0.3, 0.4) is 0 Å². The Kier molecular flexibility index (Phi) is 6.80. The molecule has 1 aromatic carbocycles. The van der Waals surface area contributed by atoms with Crippen molar-refractivity contribution in [2.24, 2.45) is 0 Å². The third-order valence-electron chi connectivity index (χ3n) is 3.12. The van der Waals surface area contributed by atoms with Crippen LogP contribution in [-0.2, 0) is 10.0 Å². The standard InChI is InChI=1S/C14H22N2O4S/c1-3-10-16(4-2)11-9-15-21(19,20)13-7-5-12(6-8-13)14(17)18/h5-8,15H,3-4,9-11H2,1-2H3,(H,17,18). The highest BCUT2D eigenvalue weighted by Gasteiger charge is 2.14. The van der Waals surface area contributed by atoms with E-state index in [9.17, 15) is 13.2 Å². The molecule has 0 aromatic heterocycles. The topological polar surface area (TPSA) is 86.7 Å². The van der Waals surface area contributed by atoms with Gasteiger partial charge in [0.15, 0.2) is 0 Å². The number of hydrogen-bond donors (Lipinski definition) is 2. The largest absolute Gasteiger partial charge is 0.478 e. The van der Waals surface area contributed by atoms with E-state index in [0.29, 0.717) is 13.1 Å². The molecule has 0 amide bonds. The van der Waals surface area contributed by atoms with Gasteiger partial charge in [-0.25, -0.2) is 17.9 Å². The molecule has 0 spiro atoms. The first-order valence-corrected chi connectivity index (χ1v) is 8.44. The van der Waals surface area contributed by atoms with E-state index in [-0.39, 0.29) is 10.5 Å². The van der Waals surface area contributed by atoms with Crippen LogP contribution in [-0.4, -0.2) is 50.6 Å². The van der Waals surface area contributed by atoms with E-state index in [1.54, 1.807) is 0 Å². The minimum Gasteiger partial charge on any atom is -0.478 e. The predicted octanol–water partition coefficient (Wildman–Crippen LogP) is 1.40. The lowest BCUT2D eigenvalue weighted by Gasteiger charge is -2.19. The molecule has 118 valence electrons. The van der Waals surface area contributed by atoms with Crippen LogP contribution in [0.4, 0.5) is 0 Å². The number of rotatable bonds is 9. The Morgan fingerprint density at radius 2 is 1.81 bits per heavy atom. The molecule has 6 nitrogen and oxygen atoms in total. The Morgan fingerprint density at radius 1 is 1.19 bits per heavy atom. The van der Waals surface area contributed by atoms with Crippen LogP contribution in [0.15, 0.2) is 29.2 Å². The van der Waals surface area contributed by atoms with Crippen LogP contribution >= 0.6 is 0 Å². The summed E-state index contributed by atoms with van der Waals surface area (Å²) in [5.74, 6) is -1.08. The summed E-state index contributed by atoms with van der Waals surface area (Å²) in [6.45, 7) is 6.91. The van der Waals surface area contributed by atoms with Crippen molar-refractivity contribution in [3.05, 3.63) is 29.8 Å². The monoisotopic (exact) mass is 314 g/mol. The number of benzene rings is 1. The Morgan fingerprint density at radius 3 is 2.29 bits per heavy atom. The first kappa shape index (κ1) is 17.6. The van der Waals surface area contributed by atoms with Gasteiger partial charge in [0, 0.05) is 13.1 Å². The van der Waals surface area contributed by atoms with Gasteiger partial charge in [0.05, 0.1) is 10.5 Å². The highest BCUT2D eigenvalue weighted by atomic mass is 32.2. The maximum atomic E-state index is 12.1. The van der Waals surface area contributed by atoms with E-state index < -0.39 is 16.0 Å². The van der Waals surface area contributed by atoms with Crippen molar-refractivity contribution in [2.75, 3.05) is 26.2 Å². The first-order chi connectivity index (χ1) is 9.90. The molecular weight excluding hydrogens is 292 g/mol. The fourth-order valence-electron chi connectivity index (χ4n) is 1.94. The van der Waals surface area contributed by atoms with Crippen LogP contribution in [0.1, 0.15) is 30.6 Å². The first-order valence-electron chi connectivity index (χ1n) is 6.96.